The van der Waals surface area contributed by atoms with E-state index in [0.717, 1.165) is 48.3 Å². The van der Waals surface area contributed by atoms with Crippen LogP contribution in [0.4, 0.5) is 5.95 Å². The summed E-state index contributed by atoms with van der Waals surface area (Å²) >= 11 is 0. The van der Waals surface area contributed by atoms with Gasteiger partial charge >= 0.3 is 0 Å². The van der Waals surface area contributed by atoms with Gasteiger partial charge in [-0.25, -0.2) is 9.98 Å². The number of furan rings is 1. The second-order valence-corrected chi connectivity index (χ2v) is 7.60. The van der Waals surface area contributed by atoms with E-state index in [1.165, 1.54) is 0 Å². The summed E-state index contributed by atoms with van der Waals surface area (Å²) in [6, 6.07) is 12.1. The van der Waals surface area contributed by atoms with Gasteiger partial charge in [0, 0.05) is 6.54 Å². The molecule has 140 valence electrons. The molecule has 0 amide bonds. The maximum Gasteiger partial charge on any atom is 0.216 e. The van der Waals surface area contributed by atoms with Gasteiger partial charge in [0.05, 0.1) is 30.6 Å². The van der Waals surface area contributed by atoms with Gasteiger partial charge < -0.3 is 9.73 Å². The highest BCUT2D eigenvalue weighted by Gasteiger charge is 2.36. The lowest BCUT2D eigenvalue weighted by molar-refractivity contribution is 0.254. The van der Waals surface area contributed by atoms with E-state index in [0.29, 0.717) is 12.6 Å². The fourth-order valence-corrected chi connectivity index (χ4v) is 3.74. The highest BCUT2D eigenvalue weighted by Crippen LogP contribution is 2.33. The normalized spacial score (nSPS) is 19.7. The van der Waals surface area contributed by atoms with Crippen LogP contribution in [0.3, 0.4) is 0 Å². The number of aromatic nitrogens is 2. The second-order valence-electron chi connectivity index (χ2n) is 7.60. The topological polar surface area (TPSA) is 61.8 Å². The third-order valence-corrected chi connectivity index (χ3v) is 5.20. The van der Waals surface area contributed by atoms with Gasteiger partial charge in [0.25, 0.3) is 0 Å². The Labute approximate surface area is 158 Å². The van der Waals surface area contributed by atoms with Gasteiger partial charge in [-0.3, -0.25) is 14.4 Å². The fourth-order valence-electron chi connectivity index (χ4n) is 3.74. The smallest absolute Gasteiger partial charge is 0.216 e. The molecule has 0 saturated carbocycles. The molecule has 5 rings (SSSR count). The molecule has 0 unspecified atom stereocenters. The average molecular weight is 364 g/mol. The van der Waals surface area contributed by atoms with E-state index < -0.39 is 0 Å². The summed E-state index contributed by atoms with van der Waals surface area (Å²) in [6.07, 6.45) is 2.72. The Kier molecular flexibility index (Phi) is 3.89. The molecule has 0 fully saturated rings. The Hall–Kier alpha value is -2.80. The summed E-state index contributed by atoms with van der Waals surface area (Å²) in [5.74, 6) is 3.30. The zero-order valence-electron chi connectivity index (χ0n) is 15.7. The first kappa shape index (κ1) is 16.4. The predicted molar refractivity (Wildman–Crippen MR) is 106 cm³/mol. The Morgan fingerprint density at radius 3 is 2.93 bits per heavy atom. The summed E-state index contributed by atoms with van der Waals surface area (Å²) in [6.45, 7) is 7.04. The minimum Gasteiger partial charge on any atom is -0.465 e. The number of nitrogens with one attached hydrogen (secondary N) is 1. The molecule has 2 aliphatic rings. The van der Waals surface area contributed by atoms with Crippen molar-refractivity contribution in [1.29, 1.82) is 0 Å². The first-order valence-corrected chi connectivity index (χ1v) is 9.52. The van der Waals surface area contributed by atoms with Gasteiger partial charge in [-0.1, -0.05) is 26.0 Å². The summed E-state index contributed by atoms with van der Waals surface area (Å²) in [7, 11) is 0. The van der Waals surface area contributed by atoms with Crippen molar-refractivity contribution in [3.05, 3.63) is 48.4 Å². The Balaban J connectivity index is 1.57. The standard InChI is InChI=1S/C20H24N6O/c1-14(2)9-10-24-12-21-19-23-18(17-8-5-11-27-17)26-16-7-4-3-6-15(16)22-20(26)25(19)13-24/h3-8,11,14,18H,9-10,12-13H2,1-2H3,(H,21,23)/t18-/m0/s1. The molecular formula is C20H24N6O. The van der Waals surface area contributed by atoms with Crippen molar-refractivity contribution in [2.75, 3.05) is 24.8 Å². The number of guanidine groups is 1. The molecule has 2 aromatic heterocycles. The van der Waals surface area contributed by atoms with Crippen LogP contribution in [0, 0.1) is 5.92 Å². The molecule has 0 radical (unpaired) electrons. The van der Waals surface area contributed by atoms with Crippen LogP contribution in [-0.2, 0) is 0 Å². The number of anilines is 1. The molecule has 1 N–H and O–H groups in total. The van der Waals surface area contributed by atoms with Gasteiger partial charge in [0.2, 0.25) is 11.9 Å². The molecule has 7 heteroatoms. The van der Waals surface area contributed by atoms with Gasteiger partial charge in [0.1, 0.15) is 5.76 Å². The van der Waals surface area contributed by atoms with Crippen LogP contribution >= 0.6 is 0 Å². The summed E-state index contributed by atoms with van der Waals surface area (Å²) in [5.41, 5.74) is 2.06. The van der Waals surface area contributed by atoms with E-state index in [1.807, 2.05) is 24.3 Å². The van der Waals surface area contributed by atoms with Gasteiger partial charge in [0.15, 0.2) is 6.17 Å². The summed E-state index contributed by atoms with van der Waals surface area (Å²) in [4.78, 5) is 14.3. The maximum absolute atomic E-state index is 5.72. The number of nitrogens with zero attached hydrogens (tertiary/aromatic N) is 5. The number of hydrogen-bond acceptors (Lipinski definition) is 6. The quantitative estimate of drug-likeness (QED) is 0.770. The zero-order chi connectivity index (χ0) is 18.4. The third-order valence-electron chi connectivity index (χ3n) is 5.20. The second kappa shape index (κ2) is 6.42. The largest absolute Gasteiger partial charge is 0.465 e. The van der Waals surface area contributed by atoms with Crippen LogP contribution in [0.5, 0.6) is 0 Å². The average Bonchev–Trinajstić information content (AvgIpc) is 3.34. The summed E-state index contributed by atoms with van der Waals surface area (Å²) < 4.78 is 7.93. The van der Waals surface area contributed by atoms with E-state index in [9.17, 15) is 0 Å². The number of para-hydroxylation sites is 2. The van der Waals surface area contributed by atoms with Crippen LogP contribution in [0.25, 0.3) is 11.0 Å². The number of fused-ring (bicyclic) bond motifs is 5. The highest BCUT2D eigenvalue weighted by atomic mass is 16.3. The molecule has 1 atom stereocenters. The zero-order valence-corrected chi connectivity index (χ0v) is 15.7. The van der Waals surface area contributed by atoms with E-state index >= 15 is 0 Å². The Bertz CT molecular complexity index is 974. The maximum atomic E-state index is 5.72. The first-order valence-electron chi connectivity index (χ1n) is 9.52. The third kappa shape index (κ3) is 2.78. The number of benzene rings is 1. The first-order chi connectivity index (χ1) is 13.2. The molecule has 27 heavy (non-hydrogen) atoms. The van der Waals surface area contributed by atoms with Gasteiger partial charge in [-0.2, -0.15) is 0 Å². The minimum atomic E-state index is -0.153. The molecular weight excluding hydrogens is 340 g/mol. The van der Waals surface area contributed by atoms with Gasteiger partial charge in [-0.15, -0.1) is 0 Å². The Morgan fingerprint density at radius 1 is 1.22 bits per heavy atom. The number of rotatable bonds is 4. The Morgan fingerprint density at radius 2 is 2.11 bits per heavy atom. The molecule has 3 aromatic rings. The van der Waals surface area contributed by atoms with Crippen molar-refractivity contribution in [3.63, 3.8) is 0 Å². The number of hydrogen-bond donors (Lipinski definition) is 1. The summed E-state index contributed by atoms with van der Waals surface area (Å²) in [5, 5.41) is 3.56. The molecule has 2 aliphatic heterocycles. The van der Waals surface area contributed by atoms with Crippen molar-refractivity contribution in [2.24, 2.45) is 10.9 Å². The lowest BCUT2D eigenvalue weighted by atomic mass is 10.1. The molecule has 0 aliphatic carbocycles. The van der Waals surface area contributed by atoms with E-state index in [2.05, 4.69) is 45.7 Å². The highest BCUT2D eigenvalue weighted by molar-refractivity contribution is 5.98. The molecule has 0 spiro atoms. The number of imidazole rings is 1. The monoisotopic (exact) mass is 364 g/mol. The van der Waals surface area contributed by atoms with Crippen LogP contribution in [-0.4, -0.2) is 40.3 Å². The lowest BCUT2D eigenvalue weighted by Gasteiger charge is -2.41. The van der Waals surface area contributed by atoms with Crippen molar-refractivity contribution < 1.29 is 4.42 Å². The SMILES string of the molecule is CC(C)CCN1CN=C2N[C@H](c3ccco3)n3c(nc4ccccc43)N2C1. The molecule has 4 heterocycles. The van der Waals surface area contributed by atoms with Crippen LogP contribution in [0.2, 0.25) is 0 Å². The van der Waals surface area contributed by atoms with Crippen LogP contribution < -0.4 is 10.2 Å². The molecule has 7 nitrogen and oxygen atoms in total. The van der Waals surface area contributed by atoms with E-state index in [1.54, 1.807) is 6.26 Å². The minimum absolute atomic E-state index is 0.153. The predicted octanol–water partition coefficient (Wildman–Crippen LogP) is 3.22. The van der Waals surface area contributed by atoms with E-state index in [4.69, 9.17) is 14.4 Å². The van der Waals surface area contributed by atoms with Crippen LogP contribution in [0.1, 0.15) is 32.2 Å². The van der Waals surface area contributed by atoms with Crippen molar-refractivity contribution in [1.82, 2.24) is 19.8 Å². The lowest BCUT2D eigenvalue weighted by Crippen LogP contribution is -2.57. The molecule has 0 bridgehead atoms. The van der Waals surface area contributed by atoms with Gasteiger partial charge in [-0.05, 0) is 36.6 Å². The molecule has 1 aromatic carbocycles. The van der Waals surface area contributed by atoms with Crippen molar-refractivity contribution >= 4 is 22.9 Å². The molecule has 0 saturated heterocycles. The van der Waals surface area contributed by atoms with Crippen molar-refractivity contribution in [3.8, 4) is 0 Å². The fraction of sp³-hybridized carbons (Fsp3) is 0.400. The van der Waals surface area contributed by atoms with Crippen LogP contribution in [0.15, 0.2) is 52.1 Å². The number of aliphatic imine (C=N–C) groups is 1. The van der Waals surface area contributed by atoms with Crippen molar-refractivity contribution in [2.45, 2.75) is 26.4 Å². The van der Waals surface area contributed by atoms with E-state index in [-0.39, 0.29) is 6.17 Å².